The van der Waals surface area contributed by atoms with E-state index >= 15 is 0 Å². The first kappa shape index (κ1) is 13.8. The molecule has 0 aliphatic rings. The minimum absolute atomic E-state index is 0.323. The number of carbonyl (C=O) groups is 1. The molecule has 1 unspecified atom stereocenters. The zero-order valence-electron chi connectivity index (χ0n) is 9.84. The Morgan fingerprint density at radius 2 is 1.71 bits per heavy atom. The Labute approximate surface area is 89.4 Å². The van der Waals surface area contributed by atoms with Crippen molar-refractivity contribution in [3.63, 3.8) is 0 Å². The van der Waals surface area contributed by atoms with Crippen molar-refractivity contribution in [2.45, 2.75) is 51.0 Å². The van der Waals surface area contributed by atoms with Gasteiger partial charge in [0.25, 0.3) is 0 Å². The van der Waals surface area contributed by atoms with Gasteiger partial charge in [-0.25, -0.2) is 4.79 Å². The molecule has 84 valence electrons. The van der Waals surface area contributed by atoms with Crippen molar-refractivity contribution in [2.75, 3.05) is 6.61 Å². The van der Waals surface area contributed by atoms with Crippen LogP contribution in [0.1, 0.15) is 41.5 Å². The van der Waals surface area contributed by atoms with Crippen LogP contribution in [0.15, 0.2) is 0 Å². The van der Waals surface area contributed by atoms with Crippen molar-refractivity contribution in [3.8, 4) is 0 Å². The predicted octanol–water partition coefficient (Wildman–Crippen LogP) is 1.88. The van der Waals surface area contributed by atoms with Crippen molar-refractivity contribution >= 4 is 17.1 Å². The van der Waals surface area contributed by atoms with E-state index in [0.29, 0.717) is 6.61 Å². The van der Waals surface area contributed by atoms with Gasteiger partial charge in [-0.2, -0.15) is 0 Å². The number of rotatable bonds is 3. The molecule has 0 aromatic carbocycles. The van der Waals surface area contributed by atoms with E-state index in [2.05, 4.69) is 0 Å². The van der Waals surface area contributed by atoms with Crippen molar-refractivity contribution in [3.05, 3.63) is 0 Å². The lowest BCUT2D eigenvalue weighted by Crippen LogP contribution is -2.49. The second kappa shape index (κ2) is 4.53. The van der Waals surface area contributed by atoms with Crippen LogP contribution in [0, 0.1) is 0 Å². The molecular formula is C10H20O3S. The first-order valence-corrected chi connectivity index (χ1v) is 5.88. The molecule has 0 rings (SSSR count). The van der Waals surface area contributed by atoms with E-state index in [-0.39, 0.29) is 0 Å². The van der Waals surface area contributed by atoms with E-state index in [9.17, 15) is 9.35 Å². The third-order valence-corrected chi connectivity index (χ3v) is 3.99. The molecule has 0 aromatic rings. The van der Waals surface area contributed by atoms with E-state index in [1.165, 1.54) is 0 Å². The van der Waals surface area contributed by atoms with Crippen LogP contribution in [0.5, 0.6) is 0 Å². The van der Waals surface area contributed by atoms with Gasteiger partial charge < -0.3 is 9.29 Å². The summed E-state index contributed by atoms with van der Waals surface area (Å²) in [5.74, 6) is -0.395. The molecule has 0 aliphatic carbocycles. The van der Waals surface area contributed by atoms with Crippen molar-refractivity contribution in [1.29, 1.82) is 0 Å². The van der Waals surface area contributed by atoms with Crippen LogP contribution in [0.4, 0.5) is 0 Å². The Hall–Kier alpha value is -0.220. The molecule has 0 radical (unpaired) electrons. The predicted molar refractivity (Wildman–Crippen MR) is 58.6 cm³/mol. The SMILES string of the molecule is CCOC(=O)C(C)(C)[S+]([O-])C(C)(C)C. The molecule has 1 atom stereocenters. The molecule has 0 saturated heterocycles. The van der Waals surface area contributed by atoms with Gasteiger partial charge in [0.2, 0.25) is 4.75 Å². The van der Waals surface area contributed by atoms with Crippen LogP contribution in [0.25, 0.3) is 0 Å². The molecule has 0 amide bonds. The molecule has 0 saturated carbocycles. The third kappa shape index (κ3) is 3.17. The maximum absolute atomic E-state index is 12.0. The number of carbonyl (C=O) groups excluding carboxylic acids is 1. The number of ether oxygens (including phenoxy) is 1. The Kier molecular flexibility index (Phi) is 4.46. The average molecular weight is 220 g/mol. The Morgan fingerprint density at radius 3 is 2.00 bits per heavy atom. The number of hydrogen-bond acceptors (Lipinski definition) is 3. The molecule has 0 aliphatic heterocycles. The Bertz CT molecular complexity index is 206. The zero-order valence-corrected chi connectivity index (χ0v) is 10.7. The standard InChI is InChI=1S/C10H20O3S/c1-7-13-8(11)10(5,6)14(12)9(2,3)4/h7H2,1-6H3. The van der Waals surface area contributed by atoms with Crippen molar-refractivity contribution < 1.29 is 14.1 Å². The van der Waals surface area contributed by atoms with Crippen molar-refractivity contribution in [2.24, 2.45) is 0 Å². The van der Waals surface area contributed by atoms with Crippen LogP contribution in [-0.2, 0) is 20.7 Å². The highest BCUT2D eigenvalue weighted by atomic mass is 32.2. The smallest absolute Gasteiger partial charge is 0.362 e. The van der Waals surface area contributed by atoms with Gasteiger partial charge in [-0.1, -0.05) is 0 Å². The summed E-state index contributed by atoms with van der Waals surface area (Å²) < 4.78 is 15.6. The first-order chi connectivity index (χ1) is 6.14. The summed E-state index contributed by atoms with van der Waals surface area (Å²) in [6.45, 7) is 10.9. The lowest BCUT2D eigenvalue weighted by molar-refractivity contribution is -0.145. The second-order valence-electron chi connectivity index (χ2n) is 4.61. The summed E-state index contributed by atoms with van der Waals surface area (Å²) in [6.07, 6.45) is 0. The van der Waals surface area contributed by atoms with Gasteiger partial charge in [-0.15, -0.1) is 0 Å². The van der Waals surface area contributed by atoms with Gasteiger partial charge in [-0.3, -0.25) is 0 Å². The van der Waals surface area contributed by atoms with E-state index in [1.807, 2.05) is 20.8 Å². The summed E-state index contributed by atoms with van der Waals surface area (Å²) in [5.41, 5.74) is 0. The van der Waals surface area contributed by atoms with E-state index in [4.69, 9.17) is 4.74 Å². The molecule has 0 heterocycles. The molecule has 0 bridgehead atoms. The largest absolute Gasteiger partial charge is 0.615 e. The fourth-order valence-corrected chi connectivity index (χ4v) is 2.89. The zero-order chi connectivity index (χ0) is 11.6. The van der Waals surface area contributed by atoms with Gasteiger partial charge in [0.1, 0.15) is 4.75 Å². The van der Waals surface area contributed by atoms with Crippen LogP contribution in [0.3, 0.4) is 0 Å². The highest BCUT2D eigenvalue weighted by Crippen LogP contribution is 2.29. The summed E-state index contributed by atoms with van der Waals surface area (Å²) in [6, 6.07) is 0. The van der Waals surface area contributed by atoms with E-state index < -0.39 is 26.6 Å². The molecular weight excluding hydrogens is 200 g/mol. The molecule has 3 nitrogen and oxygen atoms in total. The summed E-state index contributed by atoms with van der Waals surface area (Å²) in [5, 5.41) is 0. The van der Waals surface area contributed by atoms with Crippen molar-refractivity contribution in [1.82, 2.24) is 0 Å². The van der Waals surface area contributed by atoms with Crippen LogP contribution in [-0.4, -0.2) is 26.6 Å². The van der Waals surface area contributed by atoms with Gasteiger partial charge >= 0.3 is 5.97 Å². The Morgan fingerprint density at radius 1 is 1.29 bits per heavy atom. The summed E-state index contributed by atoms with van der Waals surface area (Å²) in [7, 11) is 0. The minimum atomic E-state index is -1.25. The maximum atomic E-state index is 12.0. The minimum Gasteiger partial charge on any atom is -0.615 e. The molecule has 14 heavy (non-hydrogen) atoms. The third-order valence-electron chi connectivity index (χ3n) is 1.79. The number of hydrogen-bond donors (Lipinski definition) is 0. The van der Waals surface area contributed by atoms with Gasteiger partial charge in [0.05, 0.1) is 6.61 Å². The average Bonchev–Trinajstić information content (AvgIpc) is 2.01. The Balaban J connectivity index is 4.69. The maximum Gasteiger partial charge on any atom is 0.362 e. The first-order valence-electron chi connectivity index (χ1n) is 4.73. The topological polar surface area (TPSA) is 49.4 Å². The normalized spacial score (nSPS) is 15.1. The molecule has 4 heteroatoms. The highest BCUT2D eigenvalue weighted by molar-refractivity contribution is 7.94. The van der Waals surface area contributed by atoms with E-state index in [0.717, 1.165) is 0 Å². The van der Waals surface area contributed by atoms with Gasteiger partial charge in [0.15, 0.2) is 0 Å². The van der Waals surface area contributed by atoms with Crippen LogP contribution >= 0.6 is 0 Å². The second-order valence-corrected chi connectivity index (χ2v) is 7.39. The highest BCUT2D eigenvalue weighted by Gasteiger charge is 2.47. The van der Waals surface area contributed by atoms with E-state index in [1.54, 1.807) is 20.8 Å². The molecule has 0 fully saturated rings. The number of esters is 1. The molecule has 0 N–H and O–H groups in total. The van der Waals surface area contributed by atoms with Gasteiger partial charge in [0, 0.05) is 0 Å². The van der Waals surface area contributed by atoms with Crippen LogP contribution in [0.2, 0.25) is 0 Å². The summed E-state index contributed by atoms with van der Waals surface area (Å²) in [4.78, 5) is 11.5. The monoisotopic (exact) mass is 220 g/mol. The molecule has 0 spiro atoms. The fraction of sp³-hybridized carbons (Fsp3) is 0.900. The van der Waals surface area contributed by atoms with Gasteiger partial charge in [-0.05, 0) is 52.7 Å². The fourth-order valence-electron chi connectivity index (χ4n) is 1.15. The molecule has 0 aromatic heterocycles. The lowest BCUT2D eigenvalue weighted by atomic mass is 10.2. The van der Waals surface area contributed by atoms with Crippen LogP contribution < -0.4 is 0 Å². The quantitative estimate of drug-likeness (QED) is 0.539. The summed E-state index contributed by atoms with van der Waals surface area (Å²) >= 11 is -1.25. The lowest BCUT2D eigenvalue weighted by Gasteiger charge is -2.34.